The van der Waals surface area contributed by atoms with Crippen molar-refractivity contribution in [2.24, 2.45) is 17.3 Å². The lowest BCUT2D eigenvalue weighted by molar-refractivity contribution is 0.357. The van der Waals surface area contributed by atoms with Crippen LogP contribution in [0.3, 0.4) is 0 Å². The first-order valence-corrected chi connectivity index (χ1v) is 4.55. The zero-order valence-corrected chi connectivity index (χ0v) is 7.78. The standard InChI is InChI=1S/C10H20/c1-5-9-7-10(3,4)6-8(9)2/h8-9H,5-7H2,1-4H3/t8-,9+/m1/s1. The molecule has 1 aliphatic rings. The van der Waals surface area contributed by atoms with Gasteiger partial charge in [-0.15, -0.1) is 0 Å². The Hall–Kier alpha value is 0. The molecule has 1 rings (SSSR count). The van der Waals surface area contributed by atoms with Crippen molar-refractivity contribution in [3.8, 4) is 0 Å². The van der Waals surface area contributed by atoms with Gasteiger partial charge in [-0.1, -0.05) is 34.1 Å². The number of hydrogen-bond donors (Lipinski definition) is 0. The van der Waals surface area contributed by atoms with Crippen LogP contribution >= 0.6 is 0 Å². The van der Waals surface area contributed by atoms with E-state index in [1.165, 1.54) is 19.3 Å². The molecule has 0 nitrogen and oxygen atoms in total. The van der Waals surface area contributed by atoms with Crippen LogP contribution in [0, 0.1) is 17.3 Å². The van der Waals surface area contributed by atoms with E-state index in [0.29, 0.717) is 5.41 Å². The quantitative estimate of drug-likeness (QED) is 0.523. The lowest BCUT2D eigenvalue weighted by atomic mass is 9.90. The molecule has 0 aliphatic heterocycles. The second-order valence-corrected chi connectivity index (χ2v) is 4.72. The van der Waals surface area contributed by atoms with Crippen molar-refractivity contribution in [2.45, 2.75) is 47.0 Å². The van der Waals surface area contributed by atoms with E-state index < -0.39 is 0 Å². The molecule has 2 atom stereocenters. The molecule has 0 aromatic heterocycles. The first-order valence-electron chi connectivity index (χ1n) is 4.55. The molecule has 0 unspecified atom stereocenters. The van der Waals surface area contributed by atoms with Crippen molar-refractivity contribution < 1.29 is 0 Å². The maximum atomic E-state index is 2.41. The molecule has 0 spiro atoms. The van der Waals surface area contributed by atoms with Crippen molar-refractivity contribution in [1.29, 1.82) is 0 Å². The monoisotopic (exact) mass is 140 g/mol. The highest BCUT2D eigenvalue weighted by molar-refractivity contribution is 4.85. The van der Waals surface area contributed by atoms with E-state index >= 15 is 0 Å². The largest absolute Gasteiger partial charge is 0.0651 e. The van der Waals surface area contributed by atoms with Crippen LogP contribution < -0.4 is 0 Å². The Bertz CT molecular complexity index is 113. The molecular weight excluding hydrogens is 120 g/mol. The van der Waals surface area contributed by atoms with Gasteiger partial charge in [0.1, 0.15) is 0 Å². The van der Waals surface area contributed by atoms with Gasteiger partial charge in [0.15, 0.2) is 0 Å². The summed E-state index contributed by atoms with van der Waals surface area (Å²) in [6.07, 6.45) is 4.26. The summed E-state index contributed by atoms with van der Waals surface area (Å²) in [7, 11) is 0. The normalized spacial score (nSPS) is 38.4. The van der Waals surface area contributed by atoms with Crippen LogP contribution in [0.5, 0.6) is 0 Å². The third-order valence-corrected chi connectivity index (χ3v) is 3.02. The topological polar surface area (TPSA) is 0 Å². The Balaban J connectivity index is 2.52. The second-order valence-electron chi connectivity index (χ2n) is 4.72. The summed E-state index contributed by atoms with van der Waals surface area (Å²) in [5.74, 6) is 1.98. The predicted octanol–water partition coefficient (Wildman–Crippen LogP) is 3.47. The zero-order chi connectivity index (χ0) is 7.78. The smallest absolute Gasteiger partial charge is 0.0349 e. The van der Waals surface area contributed by atoms with Crippen LogP contribution in [0.25, 0.3) is 0 Å². The molecule has 0 heteroatoms. The van der Waals surface area contributed by atoms with Crippen molar-refractivity contribution in [1.82, 2.24) is 0 Å². The first kappa shape index (κ1) is 8.10. The third-order valence-electron chi connectivity index (χ3n) is 3.02. The van der Waals surface area contributed by atoms with Gasteiger partial charge in [0.2, 0.25) is 0 Å². The van der Waals surface area contributed by atoms with E-state index in [1.54, 1.807) is 0 Å². The molecule has 0 saturated heterocycles. The van der Waals surface area contributed by atoms with Crippen LogP contribution in [-0.2, 0) is 0 Å². The van der Waals surface area contributed by atoms with Gasteiger partial charge in [0.25, 0.3) is 0 Å². The van der Waals surface area contributed by atoms with Crippen LogP contribution in [0.1, 0.15) is 47.0 Å². The second kappa shape index (κ2) is 2.56. The van der Waals surface area contributed by atoms with Crippen molar-refractivity contribution in [3.63, 3.8) is 0 Å². The summed E-state index contributed by atoms with van der Waals surface area (Å²) in [4.78, 5) is 0. The van der Waals surface area contributed by atoms with Crippen molar-refractivity contribution in [3.05, 3.63) is 0 Å². The van der Waals surface area contributed by atoms with E-state index in [4.69, 9.17) is 0 Å². The van der Waals surface area contributed by atoms with Crippen LogP contribution in [0.4, 0.5) is 0 Å². The minimum atomic E-state index is 0.639. The zero-order valence-electron chi connectivity index (χ0n) is 7.78. The van der Waals surface area contributed by atoms with Crippen molar-refractivity contribution >= 4 is 0 Å². The van der Waals surface area contributed by atoms with Crippen molar-refractivity contribution in [2.75, 3.05) is 0 Å². The molecule has 0 aromatic rings. The summed E-state index contributed by atoms with van der Waals surface area (Å²) in [5.41, 5.74) is 0.639. The molecule has 0 N–H and O–H groups in total. The molecule has 1 saturated carbocycles. The predicted molar refractivity (Wildman–Crippen MR) is 46.0 cm³/mol. The molecule has 10 heavy (non-hydrogen) atoms. The summed E-state index contributed by atoms with van der Waals surface area (Å²) >= 11 is 0. The Morgan fingerprint density at radius 1 is 1.30 bits per heavy atom. The van der Waals surface area contributed by atoms with E-state index in [2.05, 4.69) is 27.7 Å². The van der Waals surface area contributed by atoms with Gasteiger partial charge in [-0.2, -0.15) is 0 Å². The molecule has 1 aliphatic carbocycles. The molecule has 60 valence electrons. The van der Waals surface area contributed by atoms with Gasteiger partial charge >= 0.3 is 0 Å². The average Bonchev–Trinajstić information content (AvgIpc) is 2.05. The van der Waals surface area contributed by atoms with Gasteiger partial charge in [-0.3, -0.25) is 0 Å². The maximum absolute atomic E-state index is 2.41. The summed E-state index contributed by atoms with van der Waals surface area (Å²) in [6.45, 7) is 9.53. The summed E-state index contributed by atoms with van der Waals surface area (Å²) < 4.78 is 0. The molecule has 0 bridgehead atoms. The van der Waals surface area contributed by atoms with E-state index in [9.17, 15) is 0 Å². The highest BCUT2D eigenvalue weighted by atomic mass is 14.4. The van der Waals surface area contributed by atoms with E-state index in [-0.39, 0.29) is 0 Å². The highest BCUT2D eigenvalue weighted by Gasteiger charge is 2.35. The number of hydrogen-bond acceptors (Lipinski definition) is 0. The maximum Gasteiger partial charge on any atom is -0.0349 e. The van der Waals surface area contributed by atoms with E-state index in [0.717, 1.165) is 11.8 Å². The molecule has 0 radical (unpaired) electrons. The molecule has 1 fully saturated rings. The highest BCUT2D eigenvalue weighted by Crippen LogP contribution is 2.45. The van der Waals surface area contributed by atoms with Gasteiger partial charge in [-0.05, 0) is 30.1 Å². The van der Waals surface area contributed by atoms with Crippen LogP contribution in [0.15, 0.2) is 0 Å². The molecule has 0 heterocycles. The molecular formula is C10H20. The fraction of sp³-hybridized carbons (Fsp3) is 1.00. The summed E-state index contributed by atoms with van der Waals surface area (Å²) in [6, 6.07) is 0. The first-order chi connectivity index (χ1) is 4.55. The van der Waals surface area contributed by atoms with Crippen LogP contribution in [-0.4, -0.2) is 0 Å². The van der Waals surface area contributed by atoms with Gasteiger partial charge in [-0.25, -0.2) is 0 Å². The Labute approximate surface area is 65.0 Å². The molecule has 0 aromatic carbocycles. The van der Waals surface area contributed by atoms with Gasteiger partial charge in [0.05, 0.1) is 0 Å². The Morgan fingerprint density at radius 3 is 2.10 bits per heavy atom. The Kier molecular flexibility index (Phi) is 2.07. The lowest BCUT2D eigenvalue weighted by Gasteiger charge is -2.15. The molecule has 0 amide bonds. The fourth-order valence-corrected chi connectivity index (χ4v) is 2.58. The van der Waals surface area contributed by atoms with Crippen LogP contribution in [0.2, 0.25) is 0 Å². The SMILES string of the molecule is CC[C@H]1CC(C)(C)C[C@H]1C. The minimum absolute atomic E-state index is 0.639. The fourth-order valence-electron chi connectivity index (χ4n) is 2.58. The lowest BCUT2D eigenvalue weighted by Crippen LogP contribution is -2.04. The minimum Gasteiger partial charge on any atom is -0.0651 e. The Morgan fingerprint density at radius 2 is 1.90 bits per heavy atom. The van der Waals surface area contributed by atoms with Gasteiger partial charge < -0.3 is 0 Å². The van der Waals surface area contributed by atoms with E-state index in [1.807, 2.05) is 0 Å². The van der Waals surface area contributed by atoms with Gasteiger partial charge in [0, 0.05) is 0 Å². The third kappa shape index (κ3) is 1.53. The summed E-state index contributed by atoms with van der Waals surface area (Å²) in [5, 5.41) is 0. The average molecular weight is 140 g/mol. The number of rotatable bonds is 1.